The molecule has 204 valence electrons. The molecule has 0 aliphatic carbocycles. The Hall–Kier alpha value is -4.37. The normalized spacial score (nSPS) is 15.3. The summed E-state index contributed by atoms with van der Waals surface area (Å²) in [5, 5.41) is 13.6. The van der Waals surface area contributed by atoms with Crippen LogP contribution in [-0.2, 0) is 13.0 Å². The number of hydrogen-bond donors (Lipinski definition) is 1. The molecule has 0 saturated carbocycles. The second-order valence-electron chi connectivity index (χ2n) is 10.4. The first-order valence-corrected chi connectivity index (χ1v) is 13.6. The number of methoxy groups -OCH3 is 1. The number of benzene rings is 3. The van der Waals surface area contributed by atoms with E-state index in [1.165, 1.54) is 17.7 Å². The lowest BCUT2D eigenvalue weighted by molar-refractivity contribution is 0.143. The molecule has 1 aliphatic rings. The van der Waals surface area contributed by atoms with Gasteiger partial charge in [-0.05, 0) is 96.2 Å². The number of rotatable bonds is 8. The van der Waals surface area contributed by atoms with Crippen molar-refractivity contribution in [3.8, 4) is 5.75 Å². The molecule has 0 radical (unpaired) electrons. The number of hydrogen-bond acceptors (Lipinski definition) is 6. The van der Waals surface area contributed by atoms with Crippen LogP contribution in [0.5, 0.6) is 5.75 Å². The standard InChI is InChI=1S/C31H31FN6O2/c1-40-26-11-12-28-24(18-26)19-27(31(39)33-28)29(30-34-35-36-38(30)20-23-7-9-25(32)10-8-23)37-15-13-22(14-16-37)17-21-5-3-2-4-6-21/h2-12,18-19,22,29H,13-17,20H2,1H3,(H,33,39)/t29-/m1/s1. The first-order chi connectivity index (χ1) is 19.6. The van der Waals surface area contributed by atoms with Crippen molar-refractivity contribution in [3.05, 3.63) is 118 Å². The Morgan fingerprint density at radius 1 is 1.00 bits per heavy atom. The van der Waals surface area contributed by atoms with E-state index in [0.29, 0.717) is 29.6 Å². The van der Waals surface area contributed by atoms with Crippen molar-refractivity contribution in [3.63, 3.8) is 0 Å². The number of fused-ring (bicyclic) bond motifs is 1. The van der Waals surface area contributed by atoms with Gasteiger partial charge in [-0.15, -0.1) is 5.10 Å². The highest BCUT2D eigenvalue weighted by Gasteiger charge is 2.33. The predicted octanol–water partition coefficient (Wildman–Crippen LogP) is 4.75. The zero-order chi connectivity index (χ0) is 27.5. The van der Waals surface area contributed by atoms with E-state index in [4.69, 9.17) is 4.74 Å². The first kappa shape index (κ1) is 25.9. The number of pyridine rings is 1. The van der Waals surface area contributed by atoms with E-state index < -0.39 is 6.04 Å². The van der Waals surface area contributed by atoms with E-state index in [1.54, 1.807) is 23.9 Å². The largest absolute Gasteiger partial charge is 0.497 e. The Morgan fingerprint density at radius 2 is 1.77 bits per heavy atom. The number of ether oxygens (including phenoxy) is 1. The lowest BCUT2D eigenvalue weighted by Gasteiger charge is -2.37. The van der Waals surface area contributed by atoms with Crippen LogP contribution < -0.4 is 10.3 Å². The van der Waals surface area contributed by atoms with Gasteiger partial charge in [0.1, 0.15) is 17.6 Å². The van der Waals surface area contributed by atoms with Crippen molar-refractivity contribution in [2.45, 2.75) is 31.8 Å². The molecule has 1 N–H and O–H groups in total. The molecule has 1 fully saturated rings. The van der Waals surface area contributed by atoms with Crippen LogP contribution in [0, 0.1) is 11.7 Å². The molecular formula is C31H31FN6O2. The number of piperidine rings is 1. The lowest BCUT2D eigenvalue weighted by atomic mass is 9.89. The van der Waals surface area contributed by atoms with Crippen LogP contribution in [0.25, 0.3) is 10.9 Å². The minimum atomic E-state index is -0.451. The Balaban J connectivity index is 1.35. The van der Waals surface area contributed by atoms with E-state index in [-0.39, 0.29) is 11.4 Å². The van der Waals surface area contributed by atoms with E-state index in [0.717, 1.165) is 48.8 Å². The minimum absolute atomic E-state index is 0.176. The van der Waals surface area contributed by atoms with Crippen LogP contribution >= 0.6 is 0 Å². The van der Waals surface area contributed by atoms with E-state index in [2.05, 4.69) is 49.7 Å². The monoisotopic (exact) mass is 538 g/mol. The molecule has 0 amide bonds. The highest BCUT2D eigenvalue weighted by Crippen LogP contribution is 2.32. The van der Waals surface area contributed by atoms with Gasteiger partial charge in [0.05, 0.1) is 13.7 Å². The molecule has 1 saturated heterocycles. The molecule has 3 heterocycles. The average Bonchev–Trinajstić information content (AvgIpc) is 3.43. The van der Waals surface area contributed by atoms with Crippen molar-refractivity contribution in [1.82, 2.24) is 30.1 Å². The molecule has 9 heteroatoms. The number of halogens is 1. The van der Waals surface area contributed by atoms with Gasteiger partial charge in [-0.3, -0.25) is 9.69 Å². The van der Waals surface area contributed by atoms with Gasteiger partial charge in [-0.2, -0.15) is 0 Å². The predicted molar refractivity (Wildman–Crippen MR) is 151 cm³/mol. The van der Waals surface area contributed by atoms with Crippen LogP contribution in [0.1, 0.15) is 41.4 Å². The number of H-pyrrole nitrogens is 1. The average molecular weight is 539 g/mol. The Labute approximate surface area is 231 Å². The first-order valence-electron chi connectivity index (χ1n) is 13.6. The van der Waals surface area contributed by atoms with Gasteiger partial charge in [0.15, 0.2) is 5.82 Å². The van der Waals surface area contributed by atoms with Crippen molar-refractivity contribution < 1.29 is 9.13 Å². The van der Waals surface area contributed by atoms with Gasteiger partial charge in [0, 0.05) is 16.5 Å². The maximum absolute atomic E-state index is 13.5. The number of nitrogens with zero attached hydrogens (tertiary/aromatic N) is 5. The van der Waals surface area contributed by atoms with Crippen LogP contribution in [0.4, 0.5) is 4.39 Å². The fourth-order valence-corrected chi connectivity index (χ4v) is 5.68. The van der Waals surface area contributed by atoms with Crippen LogP contribution in [-0.4, -0.2) is 50.3 Å². The molecule has 5 aromatic rings. The summed E-state index contributed by atoms with van der Waals surface area (Å²) >= 11 is 0. The molecule has 1 aliphatic heterocycles. The summed E-state index contributed by atoms with van der Waals surface area (Å²) in [5.41, 5.74) is 3.36. The highest BCUT2D eigenvalue weighted by molar-refractivity contribution is 5.80. The van der Waals surface area contributed by atoms with Crippen molar-refractivity contribution >= 4 is 10.9 Å². The summed E-state index contributed by atoms with van der Waals surface area (Å²) in [4.78, 5) is 18.9. The minimum Gasteiger partial charge on any atom is -0.497 e. The van der Waals surface area contributed by atoms with E-state index in [1.807, 2.05) is 30.3 Å². The molecular weight excluding hydrogens is 507 g/mol. The Bertz CT molecular complexity index is 1640. The molecule has 40 heavy (non-hydrogen) atoms. The number of nitrogens with one attached hydrogen (secondary N) is 1. The van der Waals surface area contributed by atoms with E-state index in [9.17, 15) is 9.18 Å². The van der Waals surface area contributed by atoms with Crippen molar-refractivity contribution in [1.29, 1.82) is 0 Å². The van der Waals surface area contributed by atoms with Crippen LogP contribution in [0.3, 0.4) is 0 Å². The fraction of sp³-hybridized carbons (Fsp3) is 0.290. The second kappa shape index (κ2) is 11.4. The molecule has 2 aromatic heterocycles. The van der Waals surface area contributed by atoms with Gasteiger partial charge in [-0.25, -0.2) is 9.07 Å². The number of aromatic amines is 1. The molecule has 3 aromatic carbocycles. The summed E-state index contributed by atoms with van der Waals surface area (Å²) in [5.74, 6) is 1.56. The SMILES string of the molecule is COc1ccc2[nH]c(=O)c([C@H](c3nnnn3Cc3ccc(F)cc3)N3CCC(Cc4ccccc4)CC3)cc2c1. The third-order valence-electron chi connectivity index (χ3n) is 7.81. The fourth-order valence-electron chi connectivity index (χ4n) is 5.68. The summed E-state index contributed by atoms with van der Waals surface area (Å²) in [7, 11) is 1.62. The van der Waals surface area contributed by atoms with Gasteiger partial charge in [0.25, 0.3) is 5.56 Å². The number of likely N-dealkylation sites (tertiary alicyclic amines) is 1. The van der Waals surface area contributed by atoms with Gasteiger partial charge < -0.3 is 9.72 Å². The molecule has 6 rings (SSSR count). The lowest BCUT2D eigenvalue weighted by Crippen LogP contribution is -2.41. The van der Waals surface area contributed by atoms with Crippen molar-refractivity contribution in [2.75, 3.05) is 20.2 Å². The van der Waals surface area contributed by atoms with Gasteiger partial charge >= 0.3 is 0 Å². The third-order valence-corrected chi connectivity index (χ3v) is 7.81. The number of tetrazole rings is 1. The molecule has 1 atom stereocenters. The van der Waals surface area contributed by atoms with Crippen LogP contribution in [0.15, 0.2) is 83.7 Å². The summed E-state index contributed by atoms with van der Waals surface area (Å²) < 4.78 is 20.7. The zero-order valence-corrected chi connectivity index (χ0v) is 22.3. The molecule has 0 bridgehead atoms. The Morgan fingerprint density at radius 3 is 2.52 bits per heavy atom. The highest BCUT2D eigenvalue weighted by atomic mass is 19.1. The van der Waals surface area contributed by atoms with E-state index >= 15 is 0 Å². The second-order valence-corrected chi connectivity index (χ2v) is 10.4. The smallest absolute Gasteiger partial charge is 0.253 e. The van der Waals surface area contributed by atoms with Gasteiger partial charge in [0.2, 0.25) is 0 Å². The Kier molecular flexibility index (Phi) is 7.37. The third kappa shape index (κ3) is 5.51. The van der Waals surface area contributed by atoms with Gasteiger partial charge in [-0.1, -0.05) is 42.5 Å². The summed E-state index contributed by atoms with van der Waals surface area (Å²) in [6.45, 7) is 1.98. The van der Waals surface area contributed by atoms with Crippen LogP contribution in [0.2, 0.25) is 0 Å². The molecule has 8 nitrogen and oxygen atoms in total. The maximum atomic E-state index is 13.5. The zero-order valence-electron chi connectivity index (χ0n) is 22.3. The molecule has 0 unspecified atom stereocenters. The topological polar surface area (TPSA) is 88.9 Å². The maximum Gasteiger partial charge on any atom is 0.253 e. The molecule has 0 spiro atoms. The summed E-state index contributed by atoms with van der Waals surface area (Å²) in [6.07, 6.45) is 3.05. The summed E-state index contributed by atoms with van der Waals surface area (Å²) in [6, 6.07) is 23.9. The van der Waals surface area contributed by atoms with Crippen molar-refractivity contribution in [2.24, 2.45) is 5.92 Å². The quantitative estimate of drug-likeness (QED) is 0.307. The number of aromatic nitrogens is 5.